The van der Waals surface area contributed by atoms with Gasteiger partial charge >= 0.3 is 0 Å². The Morgan fingerprint density at radius 1 is 1.17 bits per heavy atom. The minimum absolute atomic E-state index is 0.0217. The van der Waals surface area contributed by atoms with Crippen molar-refractivity contribution in [1.82, 2.24) is 14.5 Å². The van der Waals surface area contributed by atoms with Crippen LogP contribution in [0.5, 0.6) is 0 Å². The van der Waals surface area contributed by atoms with Crippen LogP contribution in [0.3, 0.4) is 0 Å². The van der Waals surface area contributed by atoms with Crippen molar-refractivity contribution in [2.24, 2.45) is 7.05 Å². The van der Waals surface area contributed by atoms with Gasteiger partial charge in [0.25, 0.3) is 5.56 Å². The van der Waals surface area contributed by atoms with Gasteiger partial charge in [-0.05, 0) is 25.1 Å². The van der Waals surface area contributed by atoms with E-state index in [4.69, 9.17) is 0 Å². The molecule has 0 saturated carbocycles. The van der Waals surface area contributed by atoms with Crippen molar-refractivity contribution in [3.05, 3.63) is 57.3 Å². The van der Waals surface area contributed by atoms with Crippen LogP contribution >= 0.6 is 11.3 Å². The summed E-state index contributed by atoms with van der Waals surface area (Å²) in [6.07, 6.45) is 0. The average Bonchev–Trinajstić information content (AvgIpc) is 2.97. The summed E-state index contributed by atoms with van der Waals surface area (Å²) in [5.74, 6) is 0. The zero-order valence-electron chi connectivity index (χ0n) is 12.6. The minimum atomic E-state index is -3.59. The van der Waals surface area contributed by atoms with Crippen molar-refractivity contribution in [2.75, 3.05) is 0 Å². The second-order valence-corrected chi connectivity index (χ2v) is 8.39. The van der Waals surface area contributed by atoms with Crippen molar-refractivity contribution in [1.29, 1.82) is 0 Å². The summed E-state index contributed by atoms with van der Waals surface area (Å²) in [6, 6.07) is 10.4. The molecule has 0 aliphatic rings. The fourth-order valence-electron chi connectivity index (χ4n) is 2.30. The van der Waals surface area contributed by atoms with Gasteiger partial charge in [-0.2, -0.15) is 5.10 Å². The van der Waals surface area contributed by atoms with Gasteiger partial charge in [-0.25, -0.2) is 17.8 Å². The summed E-state index contributed by atoms with van der Waals surface area (Å²) < 4.78 is 28.7. The number of hydrogen-bond donors (Lipinski definition) is 1. The quantitative estimate of drug-likeness (QED) is 0.778. The maximum absolute atomic E-state index is 12.3. The lowest BCUT2D eigenvalue weighted by Gasteiger charge is -2.09. The monoisotopic (exact) mass is 349 g/mol. The zero-order chi connectivity index (χ0) is 16.6. The molecule has 0 fully saturated rings. The summed E-state index contributed by atoms with van der Waals surface area (Å²) in [7, 11) is -2.04. The summed E-state index contributed by atoms with van der Waals surface area (Å²) >= 11 is 1.21. The van der Waals surface area contributed by atoms with E-state index in [9.17, 15) is 13.2 Å². The summed E-state index contributed by atoms with van der Waals surface area (Å²) in [6.45, 7) is 1.87. The second kappa shape index (κ2) is 5.88. The molecule has 2 heterocycles. The SMILES string of the molecule is Cc1ccc(S(=O)(=O)NCc2nn(C)c(=O)c3ccccc23)s1. The molecule has 0 atom stereocenters. The number of thiophene rings is 1. The highest BCUT2D eigenvalue weighted by Crippen LogP contribution is 2.21. The van der Waals surface area contributed by atoms with Gasteiger partial charge in [-0.1, -0.05) is 18.2 Å². The van der Waals surface area contributed by atoms with Crippen molar-refractivity contribution in [3.63, 3.8) is 0 Å². The van der Waals surface area contributed by atoms with Gasteiger partial charge in [0.05, 0.1) is 17.6 Å². The van der Waals surface area contributed by atoms with Gasteiger partial charge in [0.2, 0.25) is 10.0 Å². The molecule has 1 N–H and O–H groups in total. The molecule has 6 nitrogen and oxygen atoms in total. The molecule has 2 aromatic heterocycles. The Labute approximate surface area is 137 Å². The van der Waals surface area contributed by atoms with E-state index < -0.39 is 10.0 Å². The number of aryl methyl sites for hydroxylation is 2. The fourth-order valence-corrected chi connectivity index (χ4v) is 4.61. The maximum atomic E-state index is 12.3. The maximum Gasteiger partial charge on any atom is 0.274 e. The van der Waals surface area contributed by atoms with Crippen molar-refractivity contribution < 1.29 is 8.42 Å². The molecule has 0 saturated heterocycles. The fraction of sp³-hybridized carbons (Fsp3) is 0.200. The topological polar surface area (TPSA) is 81.1 Å². The van der Waals surface area contributed by atoms with E-state index in [2.05, 4.69) is 9.82 Å². The van der Waals surface area contributed by atoms with Crippen molar-refractivity contribution in [2.45, 2.75) is 17.7 Å². The first-order chi connectivity index (χ1) is 10.9. The molecule has 120 valence electrons. The Morgan fingerprint density at radius 2 is 1.87 bits per heavy atom. The number of hydrogen-bond acceptors (Lipinski definition) is 5. The third-order valence-corrected chi connectivity index (χ3v) is 6.34. The van der Waals surface area contributed by atoms with Gasteiger partial charge < -0.3 is 0 Å². The van der Waals surface area contributed by atoms with E-state index in [-0.39, 0.29) is 16.3 Å². The van der Waals surface area contributed by atoms with Crippen LogP contribution in [0.2, 0.25) is 0 Å². The van der Waals surface area contributed by atoms with E-state index in [1.807, 2.05) is 6.92 Å². The highest BCUT2D eigenvalue weighted by Gasteiger charge is 2.17. The van der Waals surface area contributed by atoms with Crippen LogP contribution in [-0.2, 0) is 23.6 Å². The molecular weight excluding hydrogens is 334 g/mol. The molecule has 1 aromatic carbocycles. The standard InChI is InChI=1S/C15H15N3O3S2/c1-10-7-8-14(22-10)23(20,21)16-9-13-11-5-3-4-6-12(11)15(19)18(2)17-13/h3-8,16H,9H2,1-2H3. The lowest BCUT2D eigenvalue weighted by Crippen LogP contribution is -2.27. The second-order valence-electron chi connectivity index (χ2n) is 5.11. The average molecular weight is 349 g/mol. The van der Waals surface area contributed by atoms with Crippen molar-refractivity contribution in [3.8, 4) is 0 Å². The molecule has 0 spiro atoms. The lowest BCUT2D eigenvalue weighted by atomic mass is 10.1. The summed E-state index contributed by atoms with van der Waals surface area (Å²) in [4.78, 5) is 13.0. The van der Waals surface area contributed by atoms with Crippen molar-refractivity contribution >= 4 is 32.1 Å². The highest BCUT2D eigenvalue weighted by atomic mass is 32.2. The minimum Gasteiger partial charge on any atom is -0.267 e. The molecule has 0 amide bonds. The number of nitrogens with zero attached hydrogens (tertiary/aromatic N) is 2. The van der Waals surface area contributed by atoms with E-state index in [1.165, 1.54) is 16.0 Å². The Balaban J connectivity index is 1.97. The highest BCUT2D eigenvalue weighted by molar-refractivity contribution is 7.91. The van der Waals surface area contributed by atoms with Gasteiger partial charge in [0.15, 0.2) is 0 Å². The number of benzene rings is 1. The number of nitrogens with one attached hydrogen (secondary N) is 1. The number of aromatic nitrogens is 2. The first-order valence-electron chi connectivity index (χ1n) is 6.89. The van der Waals surface area contributed by atoms with Crippen LogP contribution in [0.15, 0.2) is 45.4 Å². The molecule has 3 aromatic rings. The molecule has 0 radical (unpaired) electrons. The predicted octanol–water partition coefficient (Wildman–Crippen LogP) is 1.78. The Morgan fingerprint density at radius 3 is 2.52 bits per heavy atom. The molecule has 3 rings (SSSR count). The Bertz CT molecular complexity index is 1040. The third-order valence-electron chi connectivity index (χ3n) is 3.44. The first-order valence-corrected chi connectivity index (χ1v) is 9.19. The zero-order valence-corrected chi connectivity index (χ0v) is 14.2. The van der Waals surface area contributed by atoms with E-state index in [0.717, 1.165) is 4.88 Å². The number of fused-ring (bicyclic) bond motifs is 1. The molecule has 0 unspecified atom stereocenters. The Hall–Kier alpha value is -2.03. The van der Waals surface area contributed by atoms with E-state index in [1.54, 1.807) is 43.4 Å². The molecule has 0 bridgehead atoms. The normalized spacial score (nSPS) is 11.9. The van der Waals surface area contributed by atoms with E-state index in [0.29, 0.717) is 16.5 Å². The lowest BCUT2D eigenvalue weighted by molar-refractivity contribution is 0.580. The van der Waals surface area contributed by atoms with Crippen LogP contribution in [-0.4, -0.2) is 18.2 Å². The predicted molar refractivity (Wildman–Crippen MR) is 90.1 cm³/mol. The Kier molecular flexibility index (Phi) is 4.05. The number of rotatable bonds is 4. The molecule has 0 aliphatic carbocycles. The van der Waals surface area contributed by atoms with Gasteiger partial charge in [0.1, 0.15) is 4.21 Å². The van der Waals surface area contributed by atoms with Crippen LogP contribution in [0.4, 0.5) is 0 Å². The van der Waals surface area contributed by atoms with Gasteiger partial charge in [-0.3, -0.25) is 4.79 Å². The van der Waals surface area contributed by atoms with Gasteiger partial charge in [-0.15, -0.1) is 11.3 Å². The van der Waals surface area contributed by atoms with Crippen LogP contribution in [0.25, 0.3) is 10.8 Å². The molecule has 23 heavy (non-hydrogen) atoms. The molecule has 8 heteroatoms. The molecular formula is C15H15N3O3S2. The van der Waals surface area contributed by atoms with Crippen LogP contribution in [0, 0.1) is 6.92 Å². The van der Waals surface area contributed by atoms with E-state index >= 15 is 0 Å². The molecule has 0 aliphatic heterocycles. The third kappa shape index (κ3) is 3.05. The first kappa shape index (κ1) is 15.9. The van der Waals surface area contributed by atoms with Crippen LogP contribution in [0.1, 0.15) is 10.6 Å². The summed E-state index contributed by atoms with van der Waals surface area (Å²) in [5, 5.41) is 5.36. The summed E-state index contributed by atoms with van der Waals surface area (Å²) in [5.41, 5.74) is 0.306. The number of sulfonamides is 1. The smallest absolute Gasteiger partial charge is 0.267 e. The van der Waals surface area contributed by atoms with Gasteiger partial charge in [0, 0.05) is 17.3 Å². The largest absolute Gasteiger partial charge is 0.274 e. The van der Waals surface area contributed by atoms with Crippen LogP contribution < -0.4 is 10.3 Å².